The standard InChI is InChI=1S/C16H13FN4/c17-15-4-5-16(14(9-15)10-19)21(8-2-6-18)12-13-3-1-7-20-11-13/h1,3-5,7,9,11H,2,8,12H2. The van der Waals surface area contributed by atoms with Crippen LogP contribution in [0.15, 0.2) is 42.7 Å². The van der Waals surface area contributed by atoms with Crippen LogP contribution in [0.5, 0.6) is 0 Å². The average molecular weight is 280 g/mol. The summed E-state index contributed by atoms with van der Waals surface area (Å²) < 4.78 is 13.2. The molecule has 0 saturated carbocycles. The lowest BCUT2D eigenvalue weighted by atomic mass is 10.1. The summed E-state index contributed by atoms with van der Waals surface area (Å²) in [4.78, 5) is 5.94. The largest absolute Gasteiger partial charge is 0.365 e. The van der Waals surface area contributed by atoms with Gasteiger partial charge in [0.1, 0.15) is 11.9 Å². The monoisotopic (exact) mass is 280 g/mol. The van der Waals surface area contributed by atoms with Crippen molar-refractivity contribution in [1.29, 1.82) is 10.5 Å². The lowest BCUT2D eigenvalue weighted by molar-refractivity contribution is 0.626. The molecule has 5 heteroatoms. The second-order valence-corrected chi connectivity index (χ2v) is 4.46. The van der Waals surface area contributed by atoms with Crippen molar-refractivity contribution in [2.75, 3.05) is 11.4 Å². The Kier molecular flexibility index (Phi) is 4.84. The van der Waals surface area contributed by atoms with Crippen LogP contribution in [0, 0.1) is 28.5 Å². The molecule has 1 aromatic heterocycles. The first-order valence-corrected chi connectivity index (χ1v) is 6.45. The molecular formula is C16H13FN4. The number of nitrogens with zero attached hydrogens (tertiary/aromatic N) is 4. The topological polar surface area (TPSA) is 63.7 Å². The van der Waals surface area contributed by atoms with Crippen molar-refractivity contribution in [3.63, 3.8) is 0 Å². The molecule has 0 aliphatic carbocycles. The van der Waals surface area contributed by atoms with Crippen molar-refractivity contribution in [3.05, 3.63) is 59.7 Å². The quantitative estimate of drug-likeness (QED) is 0.844. The second-order valence-electron chi connectivity index (χ2n) is 4.46. The van der Waals surface area contributed by atoms with Crippen LogP contribution in [0.2, 0.25) is 0 Å². The summed E-state index contributed by atoms with van der Waals surface area (Å²) in [5.41, 5.74) is 1.85. The van der Waals surface area contributed by atoms with Crippen LogP contribution in [0.4, 0.5) is 10.1 Å². The average Bonchev–Trinajstić information content (AvgIpc) is 2.52. The van der Waals surface area contributed by atoms with Crippen LogP contribution in [0.1, 0.15) is 17.5 Å². The highest BCUT2D eigenvalue weighted by Crippen LogP contribution is 2.23. The van der Waals surface area contributed by atoms with E-state index in [1.165, 1.54) is 12.1 Å². The number of hydrogen-bond donors (Lipinski definition) is 0. The van der Waals surface area contributed by atoms with Gasteiger partial charge in [0, 0.05) is 25.5 Å². The van der Waals surface area contributed by atoms with Gasteiger partial charge in [-0.05, 0) is 29.8 Å². The van der Waals surface area contributed by atoms with E-state index in [-0.39, 0.29) is 5.56 Å². The zero-order valence-corrected chi connectivity index (χ0v) is 11.3. The maximum Gasteiger partial charge on any atom is 0.124 e. The maximum atomic E-state index is 13.2. The van der Waals surface area contributed by atoms with Crippen LogP contribution in [-0.4, -0.2) is 11.5 Å². The fraction of sp³-hybridized carbons (Fsp3) is 0.188. The Morgan fingerprint density at radius 1 is 1.24 bits per heavy atom. The molecule has 104 valence electrons. The number of nitriles is 2. The number of rotatable bonds is 5. The van der Waals surface area contributed by atoms with Gasteiger partial charge in [-0.1, -0.05) is 6.07 Å². The van der Waals surface area contributed by atoms with E-state index in [0.717, 1.165) is 5.56 Å². The highest BCUT2D eigenvalue weighted by atomic mass is 19.1. The number of halogens is 1. The molecule has 0 bridgehead atoms. The molecule has 0 atom stereocenters. The molecule has 0 saturated heterocycles. The van der Waals surface area contributed by atoms with Crippen molar-refractivity contribution < 1.29 is 4.39 Å². The van der Waals surface area contributed by atoms with Crippen molar-refractivity contribution in [2.24, 2.45) is 0 Å². The molecule has 2 aromatic rings. The highest BCUT2D eigenvalue weighted by Gasteiger charge is 2.13. The van der Waals surface area contributed by atoms with Crippen LogP contribution >= 0.6 is 0 Å². The molecule has 0 spiro atoms. The van der Waals surface area contributed by atoms with Crippen LogP contribution < -0.4 is 4.90 Å². The number of hydrogen-bond acceptors (Lipinski definition) is 4. The molecule has 0 aliphatic rings. The minimum Gasteiger partial charge on any atom is -0.365 e. The zero-order chi connectivity index (χ0) is 15.1. The predicted molar refractivity (Wildman–Crippen MR) is 76.6 cm³/mol. The Labute approximate surface area is 122 Å². The van der Waals surface area contributed by atoms with Gasteiger partial charge in [-0.2, -0.15) is 10.5 Å². The Morgan fingerprint density at radius 3 is 2.76 bits per heavy atom. The number of aromatic nitrogens is 1. The lowest BCUT2D eigenvalue weighted by Gasteiger charge is -2.24. The minimum absolute atomic E-state index is 0.261. The minimum atomic E-state index is -0.447. The van der Waals surface area contributed by atoms with Gasteiger partial charge in [0.05, 0.1) is 23.7 Å². The summed E-state index contributed by atoms with van der Waals surface area (Å²) in [6.45, 7) is 0.974. The smallest absolute Gasteiger partial charge is 0.124 e. The molecule has 0 fully saturated rings. The molecule has 2 rings (SSSR count). The first kappa shape index (κ1) is 14.5. The first-order valence-electron chi connectivity index (χ1n) is 6.45. The fourth-order valence-electron chi connectivity index (χ4n) is 2.06. The van der Waals surface area contributed by atoms with Gasteiger partial charge >= 0.3 is 0 Å². The second kappa shape index (κ2) is 7.02. The van der Waals surface area contributed by atoms with Crippen molar-refractivity contribution in [1.82, 2.24) is 4.98 Å². The summed E-state index contributed by atoms with van der Waals surface area (Å²) in [6, 6.07) is 11.9. The molecule has 0 radical (unpaired) electrons. The molecule has 21 heavy (non-hydrogen) atoms. The fourth-order valence-corrected chi connectivity index (χ4v) is 2.06. The first-order chi connectivity index (χ1) is 10.2. The van der Waals surface area contributed by atoms with Gasteiger partial charge in [-0.25, -0.2) is 4.39 Å². The van der Waals surface area contributed by atoms with E-state index in [0.29, 0.717) is 25.2 Å². The van der Waals surface area contributed by atoms with Crippen LogP contribution in [0.25, 0.3) is 0 Å². The summed E-state index contributed by atoms with van der Waals surface area (Å²) in [6.07, 6.45) is 3.74. The molecule has 0 amide bonds. The highest BCUT2D eigenvalue weighted by molar-refractivity contribution is 5.59. The van der Waals surface area contributed by atoms with Crippen molar-refractivity contribution in [3.8, 4) is 12.1 Å². The van der Waals surface area contributed by atoms with Gasteiger partial charge in [0.2, 0.25) is 0 Å². The van der Waals surface area contributed by atoms with Crippen LogP contribution in [0.3, 0.4) is 0 Å². The SMILES string of the molecule is N#CCCN(Cc1cccnc1)c1ccc(F)cc1C#N. The summed E-state index contributed by atoms with van der Waals surface area (Å²) in [7, 11) is 0. The number of benzene rings is 1. The molecule has 1 aromatic carbocycles. The van der Waals surface area contributed by atoms with Gasteiger partial charge in [0.15, 0.2) is 0 Å². The van der Waals surface area contributed by atoms with Crippen LogP contribution in [-0.2, 0) is 6.54 Å². The maximum absolute atomic E-state index is 13.2. The van der Waals surface area contributed by atoms with Gasteiger partial charge < -0.3 is 4.90 Å². The third kappa shape index (κ3) is 3.77. The Morgan fingerprint density at radius 2 is 2.10 bits per heavy atom. The molecular weight excluding hydrogens is 267 g/mol. The van der Waals surface area contributed by atoms with E-state index in [1.54, 1.807) is 18.5 Å². The van der Waals surface area contributed by atoms with Gasteiger partial charge in [0.25, 0.3) is 0 Å². The number of anilines is 1. The number of pyridine rings is 1. The Hall–Kier alpha value is -2.92. The lowest BCUT2D eigenvalue weighted by Crippen LogP contribution is -2.24. The van der Waals surface area contributed by atoms with Crippen molar-refractivity contribution >= 4 is 5.69 Å². The van der Waals surface area contributed by atoms with Gasteiger partial charge in [-0.3, -0.25) is 4.98 Å². The normalized spacial score (nSPS) is 9.67. The van der Waals surface area contributed by atoms with Gasteiger partial charge in [-0.15, -0.1) is 0 Å². The Bertz CT molecular complexity index is 686. The summed E-state index contributed by atoms with van der Waals surface area (Å²) in [5.74, 6) is -0.447. The summed E-state index contributed by atoms with van der Waals surface area (Å²) >= 11 is 0. The third-order valence-electron chi connectivity index (χ3n) is 3.01. The third-order valence-corrected chi connectivity index (χ3v) is 3.01. The molecule has 1 heterocycles. The van der Waals surface area contributed by atoms with E-state index < -0.39 is 5.82 Å². The predicted octanol–water partition coefficient (Wildman–Crippen LogP) is 3.01. The summed E-state index contributed by atoms with van der Waals surface area (Å²) in [5, 5.41) is 17.9. The molecule has 0 aliphatic heterocycles. The molecule has 0 unspecified atom stereocenters. The molecule has 0 N–H and O–H groups in total. The molecule has 4 nitrogen and oxygen atoms in total. The van der Waals surface area contributed by atoms with E-state index in [4.69, 9.17) is 10.5 Å². The van der Waals surface area contributed by atoms with E-state index in [1.807, 2.05) is 23.1 Å². The van der Waals surface area contributed by atoms with E-state index in [2.05, 4.69) is 11.1 Å². The zero-order valence-electron chi connectivity index (χ0n) is 11.3. The van der Waals surface area contributed by atoms with E-state index in [9.17, 15) is 4.39 Å². The van der Waals surface area contributed by atoms with Crippen molar-refractivity contribution in [2.45, 2.75) is 13.0 Å². The Balaban J connectivity index is 2.32. The van der Waals surface area contributed by atoms with E-state index >= 15 is 0 Å².